The minimum absolute atomic E-state index is 0.0671. The SMILES string of the molecule is Nc1ccn([C@@H]2O[C@H](COP(=O)(O)O[C@@]3(C(=O)O)C[C@@H](O)[C@@H](NC(=O)CNC(=O)c4ccc(C=O)cc4)C([C@H](O)[C@H](O)CO)O3)C(O)[C@@H]2O)c(=O)n1. The molecule has 2 aliphatic rings. The fraction of sp³-hybridized carbons (Fsp3) is 0.500. The zero-order chi connectivity index (χ0) is 38.5. The second-order valence-corrected chi connectivity index (χ2v) is 13.0. The largest absolute Gasteiger partial charge is 0.477 e. The first-order valence-corrected chi connectivity index (χ1v) is 16.6. The standard InChI is InChI=1S/C28H36N5O18P/c29-17-5-6-33(27(45)31-17)25-22(41)21(40)16(49-25)11-48-52(46,47)51-28(26(43)44)7-14(36)19(23(50-28)20(39)15(37)10-35)32-18(38)8-30-24(42)13-3-1-12(9-34)2-4-13/h1-6,9,14-16,19-23,25,35-37,39-41H,7-8,10-11H2,(H,30,42)(H,32,38)(H,43,44)(H,46,47)(H2,29,31,45)/t14-,15-,16-,19-,20-,21?,22+,23?,25-,28-/m1/s1. The summed E-state index contributed by atoms with van der Waals surface area (Å²) in [5, 5.41) is 76.5. The molecule has 11 atom stereocenters. The summed E-state index contributed by atoms with van der Waals surface area (Å²) in [5.41, 5.74) is 4.81. The number of hydrogen-bond donors (Lipinski definition) is 11. The van der Waals surface area contributed by atoms with Gasteiger partial charge < -0.3 is 66.5 Å². The summed E-state index contributed by atoms with van der Waals surface area (Å²) in [4.78, 5) is 74.6. The Morgan fingerprint density at radius 3 is 2.42 bits per heavy atom. The smallest absolute Gasteiger partial charge is 0.475 e. The van der Waals surface area contributed by atoms with Gasteiger partial charge in [-0.05, 0) is 18.2 Å². The van der Waals surface area contributed by atoms with E-state index in [0.29, 0.717) is 6.29 Å². The Morgan fingerprint density at radius 1 is 1.15 bits per heavy atom. The predicted octanol–water partition coefficient (Wildman–Crippen LogP) is -5.05. The number of aromatic nitrogens is 2. The van der Waals surface area contributed by atoms with Crippen molar-refractivity contribution < 1.29 is 82.9 Å². The number of anilines is 1. The number of carbonyl (C=O) groups excluding carboxylic acids is 3. The lowest BCUT2D eigenvalue weighted by Crippen LogP contribution is -2.68. The maximum absolute atomic E-state index is 13.0. The van der Waals surface area contributed by atoms with E-state index in [0.717, 1.165) is 10.8 Å². The number of carbonyl (C=O) groups is 4. The number of aliphatic hydroxyl groups is 6. The minimum Gasteiger partial charge on any atom is -0.477 e. The van der Waals surface area contributed by atoms with E-state index in [2.05, 4.69) is 15.6 Å². The van der Waals surface area contributed by atoms with Crippen LogP contribution in [0.25, 0.3) is 0 Å². The lowest BCUT2D eigenvalue weighted by atomic mass is 9.88. The quantitative estimate of drug-likeness (QED) is 0.0597. The highest BCUT2D eigenvalue weighted by Gasteiger charge is 2.59. The van der Waals surface area contributed by atoms with Gasteiger partial charge in [-0.2, -0.15) is 4.98 Å². The summed E-state index contributed by atoms with van der Waals surface area (Å²) in [6.45, 7) is -2.97. The van der Waals surface area contributed by atoms with Crippen molar-refractivity contribution >= 4 is 37.7 Å². The summed E-state index contributed by atoms with van der Waals surface area (Å²) < 4.78 is 34.2. The molecule has 0 radical (unpaired) electrons. The van der Waals surface area contributed by atoms with Crippen molar-refractivity contribution in [2.45, 2.75) is 67.2 Å². The average Bonchev–Trinajstić information content (AvgIpc) is 3.38. The maximum Gasteiger partial charge on any atom is 0.475 e. The second-order valence-electron chi connectivity index (χ2n) is 11.6. The molecule has 0 spiro atoms. The number of phosphoric acid groups is 1. The number of aliphatic carboxylic acids is 1. The number of carboxylic acid groups (broad SMARTS) is 1. The third-order valence-electron chi connectivity index (χ3n) is 7.99. The van der Waals surface area contributed by atoms with Gasteiger partial charge in [-0.25, -0.2) is 18.7 Å². The summed E-state index contributed by atoms with van der Waals surface area (Å²) >= 11 is 0. The normalized spacial score (nSPS) is 29.7. The van der Waals surface area contributed by atoms with Crippen LogP contribution in [0.2, 0.25) is 0 Å². The van der Waals surface area contributed by atoms with Gasteiger partial charge in [0, 0.05) is 23.7 Å². The van der Waals surface area contributed by atoms with Crippen molar-refractivity contribution in [1.82, 2.24) is 20.2 Å². The van der Waals surface area contributed by atoms with Crippen molar-refractivity contribution in [1.29, 1.82) is 0 Å². The first kappa shape index (κ1) is 40.5. The molecule has 52 heavy (non-hydrogen) atoms. The van der Waals surface area contributed by atoms with Crippen molar-refractivity contribution in [3.05, 3.63) is 58.1 Å². The van der Waals surface area contributed by atoms with E-state index < -0.39 is 118 Å². The molecule has 3 unspecified atom stereocenters. The summed E-state index contributed by atoms with van der Waals surface area (Å²) in [6.07, 6.45) is -15.1. The number of phosphoric ester groups is 1. The monoisotopic (exact) mass is 761 g/mol. The Hall–Kier alpha value is -4.23. The molecule has 0 saturated carbocycles. The molecule has 3 heterocycles. The van der Waals surface area contributed by atoms with Gasteiger partial charge >= 0.3 is 19.5 Å². The van der Waals surface area contributed by atoms with E-state index in [1.54, 1.807) is 0 Å². The summed E-state index contributed by atoms with van der Waals surface area (Å²) in [6, 6.07) is 4.69. The Kier molecular flexibility index (Phi) is 13.0. The van der Waals surface area contributed by atoms with Crippen LogP contribution in [0.4, 0.5) is 5.82 Å². The highest BCUT2D eigenvalue weighted by atomic mass is 31.2. The number of nitrogens with two attached hydrogens (primary N) is 1. The van der Waals surface area contributed by atoms with Gasteiger partial charge in [0.05, 0.1) is 31.9 Å². The molecule has 286 valence electrons. The number of aldehydes is 1. The molecule has 2 fully saturated rings. The molecule has 12 N–H and O–H groups in total. The van der Waals surface area contributed by atoms with E-state index >= 15 is 0 Å². The lowest BCUT2D eigenvalue weighted by molar-refractivity contribution is -0.289. The first-order chi connectivity index (χ1) is 24.4. The molecule has 23 nitrogen and oxygen atoms in total. The van der Waals surface area contributed by atoms with Gasteiger partial charge in [-0.15, -0.1) is 0 Å². The zero-order valence-electron chi connectivity index (χ0n) is 26.6. The highest BCUT2D eigenvalue weighted by molar-refractivity contribution is 7.47. The van der Waals surface area contributed by atoms with Gasteiger partial charge in [-0.1, -0.05) is 12.1 Å². The number of hydrogen-bond acceptors (Lipinski definition) is 18. The van der Waals surface area contributed by atoms with E-state index in [-0.39, 0.29) is 16.9 Å². The molecule has 1 aromatic heterocycles. The van der Waals surface area contributed by atoms with Gasteiger partial charge in [0.15, 0.2) is 6.23 Å². The van der Waals surface area contributed by atoms with Crippen molar-refractivity contribution in [2.24, 2.45) is 0 Å². The average molecular weight is 762 g/mol. The highest BCUT2D eigenvalue weighted by Crippen LogP contribution is 2.51. The number of ether oxygens (including phenoxy) is 2. The molecule has 1 aromatic carbocycles. The van der Waals surface area contributed by atoms with Crippen molar-refractivity contribution in [3.8, 4) is 0 Å². The van der Waals surface area contributed by atoms with Crippen LogP contribution in [0, 0.1) is 0 Å². The van der Waals surface area contributed by atoms with Crippen LogP contribution in [0.5, 0.6) is 0 Å². The number of nitrogens with one attached hydrogen (secondary N) is 2. The molecule has 2 aliphatic heterocycles. The molecule has 2 aromatic rings. The fourth-order valence-corrected chi connectivity index (χ4v) is 6.25. The number of aliphatic hydroxyl groups excluding tert-OH is 6. The van der Waals surface area contributed by atoms with Gasteiger partial charge in [0.1, 0.15) is 48.7 Å². The summed E-state index contributed by atoms with van der Waals surface area (Å²) in [7, 11) is -5.64. The maximum atomic E-state index is 13.0. The molecule has 0 bridgehead atoms. The minimum atomic E-state index is -5.64. The van der Waals surface area contributed by atoms with Crippen LogP contribution in [0.15, 0.2) is 41.3 Å². The van der Waals surface area contributed by atoms with E-state index in [1.165, 1.54) is 30.3 Å². The Labute approximate surface area is 291 Å². The number of nitrogens with zero attached hydrogens (tertiary/aromatic N) is 2. The van der Waals surface area contributed by atoms with Gasteiger partial charge in [-0.3, -0.25) is 23.5 Å². The number of carboxylic acids is 1. The topological polar surface area (TPSA) is 369 Å². The number of rotatable bonds is 15. The Bertz CT molecular complexity index is 1730. The number of benzene rings is 1. The van der Waals surface area contributed by atoms with Crippen molar-refractivity contribution in [2.75, 3.05) is 25.5 Å². The van der Waals surface area contributed by atoms with Crippen LogP contribution in [0.1, 0.15) is 33.4 Å². The van der Waals surface area contributed by atoms with E-state index in [9.17, 15) is 69.2 Å². The fourth-order valence-electron chi connectivity index (χ4n) is 5.29. The van der Waals surface area contributed by atoms with Gasteiger partial charge in [0.25, 0.3) is 11.7 Å². The van der Waals surface area contributed by atoms with E-state index in [1.807, 2.05) is 0 Å². The Morgan fingerprint density at radius 2 is 1.83 bits per heavy atom. The molecule has 24 heteroatoms. The Balaban J connectivity index is 1.46. The molecule has 2 amide bonds. The van der Waals surface area contributed by atoms with Crippen LogP contribution in [0.3, 0.4) is 0 Å². The number of nitrogen functional groups attached to an aromatic ring is 1. The van der Waals surface area contributed by atoms with Crippen molar-refractivity contribution in [3.63, 3.8) is 0 Å². The van der Waals surface area contributed by atoms with E-state index in [4.69, 9.17) is 24.3 Å². The first-order valence-electron chi connectivity index (χ1n) is 15.2. The van der Waals surface area contributed by atoms with Crippen LogP contribution in [-0.2, 0) is 32.7 Å². The second kappa shape index (κ2) is 16.6. The lowest BCUT2D eigenvalue weighted by Gasteiger charge is -2.46. The van der Waals surface area contributed by atoms with Gasteiger partial charge in [0.2, 0.25) is 5.91 Å². The molecule has 2 saturated heterocycles. The predicted molar refractivity (Wildman–Crippen MR) is 167 cm³/mol. The van der Waals surface area contributed by atoms with Crippen LogP contribution < -0.4 is 22.1 Å². The number of amides is 2. The molecular formula is C28H36N5O18P. The third kappa shape index (κ3) is 9.22. The summed E-state index contributed by atoms with van der Waals surface area (Å²) in [5.74, 6) is -7.45. The molecule has 4 rings (SSSR count). The van der Waals surface area contributed by atoms with Crippen LogP contribution >= 0.6 is 7.82 Å². The van der Waals surface area contributed by atoms with Crippen LogP contribution in [-0.4, -0.2) is 149 Å². The zero-order valence-corrected chi connectivity index (χ0v) is 27.5. The molecular weight excluding hydrogens is 725 g/mol. The third-order valence-corrected chi connectivity index (χ3v) is 8.99. The molecule has 0 aliphatic carbocycles.